The highest BCUT2D eigenvalue weighted by Gasteiger charge is 2.12. The lowest BCUT2D eigenvalue weighted by atomic mass is 10.3. The second-order valence-corrected chi connectivity index (χ2v) is 4.00. The van der Waals surface area contributed by atoms with Crippen molar-refractivity contribution in [1.29, 1.82) is 0 Å². The first-order chi connectivity index (χ1) is 10.0. The molecular formula is C13H13F3N4O. The average Bonchev–Trinajstić information content (AvgIpc) is 2.45. The molecule has 1 heterocycles. The van der Waals surface area contributed by atoms with Crippen LogP contribution in [0.2, 0.25) is 0 Å². The first kappa shape index (κ1) is 14.9. The van der Waals surface area contributed by atoms with Crippen molar-refractivity contribution in [2.24, 2.45) is 5.84 Å². The molecule has 0 atom stereocenters. The van der Waals surface area contributed by atoms with Crippen molar-refractivity contribution in [3.8, 4) is 5.75 Å². The predicted molar refractivity (Wildman–Crippen MR) is 72.8 cm³/mol. The fourth-order valence-corrected chi connectivity index (χ4v) is 1.64. The summed E-state index contributed by atoms with van der Waals surface area (Å²) in [5.41, 5.74) is 2.23. The quantitative estimate of drug-likeness (QED) is 0.585. The Morgan fingerprint density at radius 3 is 2.43 bits per heavy atom. The SMILES string of the molecule is CCOc1ccc(Nc2nc(NN)c(F)cc2F)cc1F. The van der Waals surface area contributed by atoms with Crippen LogP contribution in [-0.2, 0) is 0 Å². The monoisotopic (exact) mass is 298 g/mol. The van der Waals surface area contributed by atoms with Gasteiger partial charge in [-0.2, -0.15) is 0 Å². The second-order valence-electron chi connectivity index (χ2n) is 4.00. The van der Waals surface area contributed by atoms with E-state index in [1.165, 1.54) is 12.1 Å². The number of benzene rings is 1. The van der Waals surface area contributed by atoms with E-state index in [1.807, 2.05) is 5.43 Å². The molecule has 4 N–H and O–H groups in total. The molecule has 0 bridgehead atoms. The molecule has 1 aromatic carbocycles. The molecule has 0 radical (unpaired) electrons. The Hall–Kier alpha value is -2.48. The average molecular weight is 298 g/mol. The number of rotatable bonds is 5. The van der Waals surface area contributed by atoms with Crippen LogP contribution in [-0.4, -0.2) is 11.6 Å². The fourth-order valence-electron chi connectivity index (χ4n) is 1.64. The van der Waals surface area contributed by atoms with Crippen LogP contribution in [0.1, 0.15) is 6.92 Å². The van der Waals surface area contributed by atoms with E-state index in [9.17, 15) is 13.2 Å². The van der Waals surface area contributed by atoms with Crippen molar-refractivity contribution in [1.82, 2.24) is 4.98 Å². The Kier molecular flexibility index (Phi) is 4.49. The molecule has 8 heteroatoms. The first-order valence-electron chi connectivity index (χ1n) is 6.07. The number of hydrogen-bond donors (Lipinski definition) is 3. The molecule has 0 spiro atoms. The number of hydrazine groups is 1. The second kappa shape index (κ2) is 6.31. The van der Waals surface area contributed by atoms with E-state index in [1.54, 1.807) is 6.92 Å². The van der Waals surface area contributed by atoms with Gasteiger partial charge in [0.15, 0.2) is 34.8 Å². The number of nitrogens with one attached hydrogen (secondary N) is 2. The lowest BCUT2D eigenvalue weighted by molar-refractivity contribution is 0.321. The molecule has 0 aliphatic rings. The Morgan fingerprint density at radius 2 is 1.81 bits per heavy atom. The summed E-state index contributed by atoms with van der Waals surface area (Å²) in [5, 5.41) is 2.54. The molecule has 0 amide bonds. The molecule has 1 aromatic heterocycles. The Labute approximate surface area is 118 Å². The maximum Gasteiger partial charge on any atom is 0.178 e. The van der Waals surface area contributed by atoms with E-state index < -0.39 is 17.5 Å². The normalized spacial score (nSPS) is 10.3. The molecule has 5 nitrogen and oxygen atoms in total. The predicted octanol–water partition coefficient (Wildman–Crippen LogP) is 2.93. The van der Waals surface area contributed by atoms with Crippen LogP contribution in [0.25, 0.3) is 0 Å². The summed E-state index contributed by atoms with van der Waals surface area (Å²) in [5.74, 6) is 2.06. The van der Waals surface area contributed by atoms with Gasteiger partial charge in [0, 0.05) is 17.8 Å². The minimum absolute atomic E-state index is 0.0832. The molecule has 21 heavy (non-hydrogen) atoms. The maximum absolute atomic E-state index is 13.7. The third-order valence-corrected chi connectivity index (χ3v) is 2.56. The molecule has 0 fully saturated rings. The fraction of sp³-hybridized carbons (Fsp3) is 0.154. The Balaban J connectivity index is 2.28. The van der Waals surface area contributed by atoms with Gasteiger partial charge >= 0.3 is 0 Å². The van der Waals surface area contributed by atoms with Crippen molar-refractivity contribution in [2.45, 2.75) is 6.92 Å². The molecule has 0 saturated carbocycles. The van der Waals surface area contributed by atoms with Gasteiger partial charge in [0.2, 0.25) is 0 Å². The van der Waals surface area contributed by atoms with Crippen LogP contribution < -0.4 is 21.3 Å². The minimum atomic E-state index is -0.932. The number of aromatic nitrogens is 1. The molecule has 2 aromatic rings. The van der Waals surface area contributed by atoms with E-state index in [4.69, 9.17) is 10.6 Å². The maximum atomic E-state index is 13.7. The third-order valence-electron chi connectivity index (χ3n) is 2.56. The van der Waals surface area contributed by atoms with Gasteiger partial charge in [-0.3, -0.25) is 0 Å². The van der Waals surface area contributed by atoms with E-state index in [0.29, 0.717) is 12.7 Å². The van der Waals surface area contributed by atoms with Crippen molar-refractivity contribution >= 4 is 17.3 Å². The van der Waals surface area contributed by atoms with Crippen molar-refractivity contribution in [3.63, 3.8) is 0 Å². The lowest BCUT2D eigenvalue weighted by Gasteiger charge is -2.11. The Morgan fingerprint density at radius 1 is 1.10 bits per heavy atom. The lowest BCUT2D eigenvalue weighted by Crippen LogP contribution is -2.12. The topological polar surface area (TPSA) is 72.2 Å². The number of nitrogen functional groups attached to an aromatic ring is 1. The number of pyridine rings is 1. The number of nitrogens with two attached hydrogens (primary N) is 1. The van der Waals surface area contributed by atoms with Gasteiger partial charge < -0.3 is 15.5 Å². The molecule has 0 unspecified atom stereocenters. The van der Waals surface area contributed by atoms with Crippen LogP contribution in [0.5, 0.6) is 5.75 Å². The van der Waals surface area contributed by atoms with Gasteiger partial charge in [0.25, 0.3) is 0 Å². The molecular weight excluding hydrogens is 285 g/mol. The zero-order valence-electron chi connectivity index (χ0n) is 11.1. The number of halogens is 3. The number of nitrogens with zero attached hydrogens (tertiary/aromatic N) is 1. The van der Waals surface area contributed by atoms with Crippen molar-refractivity contribution < 1.29 is 17.9 Å². The Bertz CT molecular complexity index is 652. The first-order valence-corrected chi connectivity index (χ1v) is 6.07. The van der Waals surface area contributed by atoms with Gasteiger partial charge in [-0.05, 0) is 19.1 Å². The zero-order valence-corrected chi connectivity index (χ0v) is 11.1. The van der Waals surface area contributed by atoms with Crippen LogP contribution in [0.4, 0.5) is 30.5 Å². The van der Waals surface area contributed by atoms with E-state index in [2.05, 4.69) is 10.3 Å². The summed E-state index contributed by atoms with van der Waals surface area (Å²) >= 11 is 0. The van der Waals surface area contributed by atoms with Crippen molar-refractivity contribution in [2.75, 3.05) is 17.3 Å². The van der Waals surface area contributed by atoms with E-state index >= 15 is 0 Å². The molecule has 112 valence electrons. The highest BCUT2D eigenvalue weighted by atomic mass is 19.1. The van der Waals surface area contributed by atoms with Gasteiger partial charge in [-0.25, -0.2) is 24.0 Å². The summed E-state index contributed by atoms with van der Waals surface area (Å²) in [7, 11) is 0. The summed E-state index contributed by atoms with van der Waals surface area (Å²) in [6, 6.07) is 4.61. The van der Waals surface area contributed by atoms with Crippen LogP contribution in [0, 0.1) is 17.5 Å². The van der Waals surface area contributed by atoms with Crippen LogP contribution in [0.3, 0.4) is 0 Å². The van der Waals surface area contributed by atoms with E-state index in [0.717, 1.165) is 6.07 Å². The molecule has 0 saturated heterocycles. The number of hydrogen-bond acceptors (Lipinski definition) is 5. The largest absolute Gasteiger partial charge is 0.491 e. The molecule has 0 aliphatic heterocycles. The third kappa shape index (κ3) is 3.34. The zero-order chi connectivity index (χ0) is 15.4. The molecule has 2 rings (SSSR count). The number of ether oxygens (including phenoxy) is 1. The summed E-state index contributed by atoms with van der Waals surface area (Å²) in [4.78, 5) is 3.62. The van der Waals surface area contributed by atoms with Gasteiger partial charge in [0.05, 0.1) is 6.61 Å². The van der Waals surface area contributed by atoms with Gasteiger partial charge in [0.1, 0.15) is 0 Å². The van der Waals surface area contributed by atoms with E-state index in [-0.39, 0.29) is 23.1 Å². The van der Waals surface area contributed by atoms with Crippen molar-refractivity contribution in [3.05, 3.63) is 41.7 Å². The summed E-state index contributed by atoms with van der Waals surface area (Å²) in [6.07, 6.45) is 0. The summed E-state index contributed by atoms with van der Waals surface area (Å²) < 4.78 is 45.6. The highest BCUT2D eigenvalue weighted by Crippen LogP contribution is 2.25. The van der Waals surface area contributed by atoms with Crippen LogP contribution >= 0.6 is 0 Å². The minimum Gasteiger partial charge on any atom is -0.491 e. The highest BCUT2D eigenvalue weighted by molar-refractivity contribution is 5.60. The van der Waals surface area contributed by atoms with Crippen LogP contribution in [0.15, 0.2) is 24.3 Å². The van der Waals surface area contributed by atoms with Gasteiger partial charge in [-0.15, -0.1) is 0 Å². The summed E-state index contributed by atoms with van der Waals surface area (Å²) in [6.45, 7) is 2.05. The molecule has 0 aliphatic carbocycles. The number of anilines is 3. The smallest absolute Gasteiger partial charge is 0.178 e. The standard InChI is InChI=1S/C13H13F3N4O/c1-2-21-11-4-3-7(5-8(11)14)18-12-9(15)6-10(16)13(19-12)20-17/h3-6H,2,17H2,1H3,(H2,18,19,20). The van der Waals surface area contributed by atoms with Gasteiger partial charge in [-0.1, -0.05) is 0 Å².